The molecule has 1 saturated heterocycles. The lowest BCUT2D eigenvalue weighted by Gasteiger charge is -2.31. The van der Waals surface area contributed by atoms with Crippen LogP contribution in [0, 0.1) is 5.92 Å². The van der Waals surface area contributed by atoms with Gasteiger partial charge < -0.3 is 24.0 Å². The van der Waals surface area contributed by atoms with Crippen LogP contribution < -0.4 is 10.2 Å². The summed E-state index contributed by atoms with van der Waals surface area (Å²) in [5.41, 5.74) is 2.67. The van der Waals surface area contributed by atoms with E-state index in [4.69, 9.17) is 14.2 Å². The van der Waals surface area contributed by atoms with E-state index in [-0.39, 0.29) is 30.6 Å². The lowest BCUT2D eigenvalue weighted by Crippen LogP contribution is -2.49. The molecule has 0 bridgehead atoms. The van der Waals surface area contributed by atoms with Crippen molar-refractivity contribution in [3.63, 3.8) is 0 Å². The first-order valence-electron chi connectivity index (χ1n) is 17.0. The predicted molar refractivity (Wildman–Crippen MR) is 180 cm³/mol. The van der Waals surface area contributed by atoms with Crippen molar-refractivity contribution in [3.8, 4) is 0 Å². The van der Waals surface area contributed by atoms with E-state index in [9.17, 15) is 14.4 Å². The summed E-state index contributed by atoms with van der Waals surface area (Å²) in [6, 6.07) is 17.5. The fourth-order valence-corrected chi connectivity index (χ4v) is 6.42. The largest absolute Gasteiger partial charge is 0.465 e. The summed E-state index contributed by atoms with van der Waals surface area (Å²) >= 11 is 0. The van der Waals surface area contributed by atoms with Crippen molar-refractivity contribution in [2.75, 3.05) is 37.7 Å². The smallest absolute Gasteiger partial charge is 0.410 e. The number of nitrogens with one attached hydrogen (secondary N) is 1. The first-order chi connectivity index (χ1) is 22.1. The Morgan fingerprint density at radius 3 is 2.37 bits per heavy atom. The van der Waals surface area contributed by atoms with Crippen molar-refractivity contribution in [2.45, 2.75) is 103 Å². The third-order valence-electron chi connectivity index (χ3n) is 8.72. The molecule has 2 aliphatic heterocycles. The number of hydrogen-bond acceptors (Lipinski definition) is 8. The normalized spacial score (nSPS) is 17.9. The van der Waals surface area contributed by atoms with Crippen molar-refractivity contribution in [1.82, 2.24) is 10.2 Å². The van der Waals surface area contributed by atoms with E-state index in [1.54, 1.807) is 0 Å². The van der Waals surface area contributed by atoms with Crippen molar-refractivity contribution < 1.29 is 28.6 Å². The Kier molecular flexibility index (Phi) is 13.3. The van der Waals surface area contributed by atoms with Crippen LogP contribution in [-0.4, -0.2) is 73.4 Å². The summed E-state index contributed by atoms with van der Waals surface area (Å²) in [4.78, 5) is 42.3. The molecule has 2 aromatic carbocycles. The van der Waals surface area contributed by atoms with Crippen LogP contribution >= 0.6 is 0 Å². The molecule has 252 valence electrons. The Hall–Kier alpha value is -3.59. The zero-order chi connectivity index (χ0) is 32.9. The molecule has 0 spiro atoms. The van der Waals surface area contributed by atoms with Gasteiger partial charge in [0.15, 0.2) is 0 Å². The Bertz CT molecular complexity index is 1260. The van der Waals surface area contributed by atoms with Crippen molar-refractivity contribution in [2.24, 2.45) is 5.92 Å². The van der Waals surface area contributed by atoms with Gasteiger partial charge in [0, 0.05) is 31.4 Å². The third kappa shape index (κ3) is 11.3. The summed E-state index contributed by atoms with van der Waals surface area (Å²) in [5, 5.41) is 3.62. The molecule has 0 aliphatic carbocycles. The SMILES string of the molecule is CCOC(=O)C(CCCCC1CCN(C(=O)OCc2ccccc2)CC1)NC1CCc2ccccc2N(CC(=O)OC(C)(C)C)C1. The number of anilines is 1. The van der Waals surface area contributed by atoms with Crippen LogP contribution in [0.25, 0.3) is 0 Å². The number of likely N-dealkylation sites (tertiary alicyclic amines) is 1. The number of nitrogens with zero attached hydrogens (tertiary/aromatic N) is 2. The second kappa shape index (κ2) is 17.4. The van der Waals surface area contributed by atoms with Gasteiger partial charge in [0.05, 0.1) is 6.61 Å². The second-order valence-electron chi connectivity index (χ2n) is 13.6. The van der Waals surface area contributed by atoms with E-state index in [0.29, 0.717) is 32.1 Å². The minimum absolute atomic E-state index is 0.00946. The molecule has 0 radical (unpaired) electrons. The summed E-state index contributed by atoms with van der Waals surface area (Å²) in [6.45, 7) is 10.3. The average Bonchev–Trinajstić information content (AvgIpc) is 3.20. The van der Waals surface area contributed by atoms with Gasteiger partial charge in [-0.05, 0) is 82.9 Å². The van der Waals surface area contributed by atoms with Gasteiger partial charge in [-0.1, -0.05) is 67.8 Å². The number of carbonyl (C=O) groups is 3. The molecule has 1 amide bonds. The summed E-state index contributed by atoms with van der Waals surface area (Å²) in [7, 11) is 0. The van der Waals surface area contributed by atoms with E-state index in [0.717, 1.165) is 69.3 Å². The highest BCUT2D eigenvalue weighted by atomic mass is 16.6. The molecule has 1 fully saturated rings. The fourth-order valence-electron chi connectivity index (χ4n) is 6.42. The van der Waals surface area contributed by atoms with E-state index in [1.807, 2.05) is 75.1 Å². The zero-order valence-electron chi connectivity index (χ0n) is 28.2. The number of fused-ring (bicyclic) bond motifs is 1. The number of carbonyl (C=O) groups excluding carboxylic acids is 3. The van der Waals surface area contributed by atoms with Gasteiger partial charge in [-0.25, -0.2) is 4.79 Å². The molecular weight excluding hydrogens is 582 g/mol. The number of rotatable bonds is 13. The quantitative estimate of drug-likeness (QED) is 0.156. The van der Waals surface area contributed by atoms with Crippen molar-refractivity contribution in [3.05, 3.63) is 65.7 Å². The second-order valence-corrected chi connectivity index (χ2v) is 13.6. The molecule has 2 aliphatic rings. The number of benzene rings is 2. The number of para-hydroxylation sites is 1. The van der Waals surface area contributed by atoms with Crippen LogP contribution in [0.15, 0.2) is 54.6 Å². The van der Waals surface area contributed by atoms with Crippen LogP contribution in [0.2, 0.25) is 0 Å². The Labute approximate surface area is 274 Å². The molecule has 2 atom stereocenters. The van der Waals surface area contributed by atoms with Gasteiger partial charge in [0.1, 0.15) is 24.8 Å². The van der Waals surface area contributed by atoms with E-state index in [2.05, 4.69) is 22.3 Å². The monoisotopic (exact) mass is 635 g/mol. The van der Waals surface area contributed by atoms with E-state index >= 15 is 0 Å². The molecule has 9 nitrogen and oxygen atoms in total. The number of piperidine rings is 1. The van der Waals surface area contributed by atoms with Gasteiger partial charge in [0.2, 0.25) is 0 Å². The molecule has 0 saturated carbocycles. The number of amides is 1. The third-order valence-corrected chi connectivity index (χ3v) is 8.72. The lowest BCUT2D eigenvalue weighted by molar-refractivity contribution is -0.153. The minimum Gasteiger partial charge on any atom is -0.465 e. The molecule has 2 aromatic rings. The maximum atomic E-state index is 13.1. The topological polar surface area (TPSA) is 97.4 Å². The van der Waals surface area contributed by atoms with Gasteiger partial charge in [-0.2, -0.15) is 0 Å². The first-order valence-corrected chi connectivity index (χ1v) is 17.0. The summed E-state index contributed by atoms with van der Waals surface area (Å²) in [6.07, 6.45) is 7.09. The molecule has 0 aromatic heterocycles. The summed E-state index contributed by atoms with van der Waals surface area (Å²) in [5.74, 6) is 0.0824. The molecule has 9 heteroatoms. The molecule has 46 heavy (non-hydrogen) atoms. The highest BCUT2D eigenvalue weighted by Gasteiger charge is 2.30. The van der Waals surface area contributed by atoms with Crippen molar-refractivity contribution in [1.29, 1.82) is 0 Å². The van der Waals surface area contributed by atoms with E-state index < -0.39 is 11.6 Å². The van der Waals surface area contributed by atoms with Gasteiger partial charge in [-0.15, -0.1) is 0 Å². The van der Waals surface area contributed by atoms with Crippen LogP contribution in [0.1, 0.15) is 83.8 Å². The molecule has 2 heterocycles. The molecule has 2 unspecified atom stereocenters. The molecule has 4 rings (SSSR count). The lowest BCUT2D eigenvalue weighted by atomic mass is 9.91. The Morgan fingerprint density at radius 2 is 1.65 bits per heavy atom. The highest BCUT2D eigenvalue weighted by Crippen LogP contribution is 2.28. The highest BCUT2D eigenvalue weighted by molar-refractivity contribution is 5.77. The van der Waals surface area contributed by atoms with Gasteiger partial charge in [-0.3, -0.25) is 14.9 Å². The number of aryl methyl sites for hydroxylation is 1. The molecular formula is C37H53N3O6. The average molecular weight is 636 g/mol. The van der Waals surface area contributed by atoms with Gasteiger partial charge >= 0.3 is 18.0 Å². The maximum absolute atomic E-state index is 13.1. The number of esters is 2. The number of unbranched alkanes of at least 4 members (excludes halogenated alkanes) is 1. The molecule has 1 N–H and O–H groups in total. The fraction of sp³-hybridized carbons (Fsp3) is 0.595. The van der Waals surface area contributed by atoms with Crippen LogP contribution in [0.3, 0.4) is 0 Å². The first kappa shape index (κ1) is 35.3. The maximum Gasteiger partial charge on any atom is 0.410 e. The van der Waals surface area contributed by atoms with Crippen LogP contribution in [0.4, 0.5) is 10.5 Å². The Morgan fingerprint density at radius 1 is 0.935 bits per heavy atom. The van der Waals surface area contributed by atoms with Gasteiger partial charge in [0.25, 0.3) is 0 Å². The van der Waals surface area contributed by atoms with E-state index in [1.165, 1.54) is 5.56 Å². The standard InChI is InChI=1S/C37H53N3O6/c1-5-44-35(42)32(17-11-9-13-28-21-23-39(24-22-28)36(43)45-27-29-14-7-6-8-15-29)38-31-20-19-30-16-10-12-18-33(30)40(25-31)26-34(41)46-37(2,3)4/h6-8,10,12,14-16,18,28,31-32,38H,5,9,11,13,17,19-27H2,1-4H3. The van der Waals surface area contributed by atoms with Crippen molar-refractivity contribution >= 4 is 23.7 Å². The zero-order valence-corrected chi connectivity index (χ0v) is 28.2. The van der Waals surface area contributed by atoms with Crippen LogP contribution in [-0.2, 0) is 36.8 Å². The predicted octanol–water partition coefficient (Wildman–Crippen LogP) is 6.28. The number of ether oxygens (including phenoxy) is 3. The Balaban J connectivity index is 1.25. The minimum atomic E-state index is -0.555. The van der Waals surface area contributed by atoms with Crippen LogP contribution in [0.5, 0.6) is 0 Å². The summed E-state index contributed by atoms with van der Waals surface area (Å²) < 4.78 is 16.6. The number of hydrogen-bond donors (Lipinski definition) is 1.